The third-order valence-electron chi connectivity index (χ3n) is 3.09. The molecule has 1 aliphatic carbocycles. The van der Waals surface area contributed by atoms with Crippen LogP contribution in [0.4, 0.5) is 0 Å². The van der Waals surface area contributed by atoms with Gasteiger partial charge in [-0.3, -0.25) is 0 Å². The second-order valence-corrected chi connectivity index (χ2v) is 4.10. The molecule has 2 atom stereocenters. The molecule has 82 valence electrons. The van der Waals surface area contributed by atoms with Crippen LogP contribution < -0.4 is 0 Å². The highest BCUT2D eigenvalue weighted by atomic mass is 16.6. The minimum absolute atomic E-state index is 0.0672. The molecule has 2 aliphatic rings. The number of carbonyl (C=O) groups excluding carboxylic acids is 1. The van der Waals surface area contributed by atoms with E-state index in [1.54, 1.807) is 12.3 Å². The lowest BCUT2D eigenvalue weighted by molar-refractivity contribution is -0.137. The van der Waals surface area contributed by atoms with Crippen LogP contribution in [0.1, 0.15) is 18.6 Å². The van der Waals surface area contributed by atoms with Gasteiger partial charge in [0.25, 0.3) is 0 Å². The molecular weight excluding hydrogens is 204 g/mol. The molecule has 0 amide bonds. The van der Waals surface area contributed by atoms with Gasteiger partial charge in [-0.05, 0) is 37.1 Å². The van der Waals surface area contributed by atoms with Gasteiger partial charge in [-0.25, -0.2) is 4.79 Å². The molecule has 3 nitrogen and oxygen atoms in total. The number of allylic oxidation sites excluding steroid dienone is 1. The van der Waals surface area contributed by atoms with Crippen molar-refractivity contribution < 1.29 is 13.9 Å². The zero-order chi connectivity index (χ0) is 11.0. The normalized spacial score (nSPS) is 30.5. The van der Waals surface area contributed by atoms with Gasteiger partial charge in [0, 0.05) is 11.5 Å². The predicted octanol–water partition coefficient (Wildman–Crippen LogP) is 2.55. The highest BCUT2D eigenvalue weighted by Gasteiger charge is 2.39. The summed E-state index contributed by atoms with van der Waals surface area (Å²) < 4.78 is 10.5. The van der Waals surface area contributed by atoms with E-state index in [9.17, 15) is 4.79 Å². The number of carbonyl (C=O) groups is 1. The van der Waals surface area contributed by atoms with E-state index < -0.39 is 0 Å². The third-order valence-corrected chi connectivity index (χ3v) is 3.09. The standard InChI is InChI=1S/C13H12O3/c14-13-11(8-9-4-3-7-15-9)10-5-1-2-6-12(10)16-13/h2-4,6-8,10,12H,1,5H2/b11-8+/t10-,12-/m0/s1. The number of hydrogen-bond acceptors (Lipinski definition) is 3. The Morgan fingerprint density at radius 3 is 3.19 bits per heavy atom. The fourth-order valence-electron chi connectivity index (χ4n) is 2.29. The first-order chi connectivity index (χ1) is 7.84. The Balaban J connectivity index is 1.95. The summed E-state index contributed by atoms with van der Waals surface area (Å²) in [6, 6.07) is 3.65. The van der Waals surface area contributed by atoms with Crippen LogP contribution in [0, 0.1) is 5.92 Å². The van der Waals surface area contributed by atoms with Gasteiger partial charge in [0.1, 0.15) is 11.9 Å². The Morgan fingerprint density at radius 2 is 2.38 bits per heavy atom. The van der Waals surface area contributed by atoms with Gasteiger partial charge >= 0.3 is 5.97 Å². The summed E-state index contributed by atoms with van der Waals surface area (Å²) in [5.74, 6) is 0.697. The second kappa shape index (κ2) is 3.67. The molecule has 1 aromatic rings. The first kappa shape index (κ1) is 9.46. The molecule has 0 radical (unpaired) electrons. The molecule has 1 saturated heterocycles. The molecule has 0 N–H and O–H groups in total. The van der Waals surface area contributed by atoms with Crippen LogP contribution in [0.25, 0.3) is 6.08 Å². The maximum Gasteiger partial charge on any atom is 0.335 e. The van der Waals surface area contributed by atoms with Crippen molar-refractivity contribution in [1.82, 2.24) is 0 Å². The summed E-state index contributed by atoms with van der Waals surface area (Å²) in [4.78, 5) is 11.7. The lowest BCUT2D eigenvalue weighted by atomic mass is 9.87. The number of hydrogen-bond donors (Lipinski definition) is 0. The SMILES string of the molecule is O=C1O[C@H]2C=CCC[C@H]2/C1=C\c1ccco1. The molecule has 3 rings (SSSR count). The maximum absolute atomic E-state index is 11.7. The third kappa shape index (κ3) is 1.48. The Hall–Kier alpha value is -1.77. The van der Waals surface area contributed by atoms with Gasteiger partial charge < -0.3 is 9.15 Å². The van der Waals surface area contributed by atoms with Crippen molar-refractivity contribution in [2.24, 2.45) is 5.92 Å². The fraction of sp³-hybridized carbons (Fsp3) is 0.308. The van der Waals surface area contributed by atoms with Crippen LogP contribution in [0.2, 0.25) is 0 Å². The zero-order valence-corrected chi connectivity index (χ0v) is 8.76. The van der Waals surface area contributed by atoms with Crippen LogP contribution in [-0.2, 0) is 9.53 Å². The van der Waals surface area contributed by atoms with Crippen molar-refractivity contribution in [2.75, 3.05) is 0 Å². The quantitative estimate of drug-likeness (QED) is 0.411. The molecule has 1 aromatic heterocycles. The van der Waals surface area contributed by atoms with Crippen molar-refractivity contribution in [3.63, 3.8) is 0 Å². The van der Waals surface area contributed by atoms with Crippen LogP contribution in [-0.4, -0.2) is 12.1 Å². The van der Waals surface area contributed by atoms with Gasteiger partial charge in [0.05, 0.1) is 6.26 Å². The first-order valence-electron chi connectivity index (χ1n) is 5.47. The maximum atomic E-state index is 11.7. The summed E-state index contributed by atoms with van der Waals surface area (Å²) in [6.45, 7) is 0. The smallest absolute Gasteiger partial charge is 0.335 e. The average Bonchev–Trinajstić information content (AvgIpc) is 2.89. The molecular formula is C13H12O3. The molecule has 2 heterocycles. The van der Waals surface area contributed by atoms with Gasteiger partial charge in [-0.2, -0.15) is 0 Å². The van der Waals surface area contributed by atoms with E-state index in [0.29, 0.717) is 5.76 Å². The van der Waals surface area contributed by atoms with Crippen molar-refractivity contribution >= 4 is 12.0 Å². The second-order valence-electron chi connectivity index (χ2n) is 4.10. The first-order valence-corrected chi connectivity index (χ1v) is 5.47. The summed E-state index contributed by atoms with van der Waals surface area (Å²) in [6.07, 6.45) is 9.37. The summed E-state index contributed by atoms with van der Waals surface area (Å²) in [5.41, 5.74) is 0.740. The van der Waals surface area contributed by atoms with Crippen molar-refractivity contribution in [1.29, 1.82) is 0 Å². The monoisotopic (exact) mass is 216 g/mol. The van der Waals surface area contributed by atoms with Crippen LogP contribution in [0.3, 0.4) is 0 Å². The average molecular weight is 216 g/mol. The Bertz CT molecular complexity index is 454. The van der Waals surface area contributed by atoms with Crippen LogP contribution in [0.5, 0.6) is 0 Å². The molecule has 0 aromatic carbocycles. The Morgan fingerprint density at radius 1 is 1.44 bits per heavy atom. The van der Waals surface area contributed by atoms with E-state index in [0.717, 1.165) is 18.4 Å². The van der Waals surface area contributed by atoms with Crippen LogP contribution in [0.15, 0.2) is 40.5 Å². The molecule has 1 aliphatic heterocycles. The molecule has 0 bridgehead atoms. The minimum atomic E-state index is -0.210. The van der Waals surface area contributed by atoms with E-state index in [2.05, 4.69) is 6.08 Å². The van der Waals surface area contributed by atoms with Crippen molar-refractivity contribution in [3.05, 3.63) is 41.9 Å². The summed E-state index contributed by atoms with van der Waals surface area (Å²) in [7, 11) is 0. The number of fused-ring (bicyclic) bond motifs is 1. The van der Waals surface area contributed by atoms with E-state index in [1.807, 2.05) is 18.2 Å². The highest BCUT2D eigenvalue weighted by molar-refractivity contribution is 5.96. The minimum Gasteiger partial charge on any atom is -0.465 e. The highest BCUT2D eigenvalue weighted by Crippen LogP contribution is 2.36. The van der Waals surface area contributed by atoms with E-state index in [1.165, 1.54) is 0 Å². The predicted molar refractivity (Wildman–Crippen MR) is 58.4 cm³/mol. The van der Waals surface area contributed by atoms with Gasteiger partial charge in [-0.15, -0.1) is 0 Å². The lowest BCUT2D eigenvalue weighted by Crippen LogP contribution is -2.16. The van der Waals surface area contributed by atoms with Gasteiger partial charge in [0.15, 0.2) is 0 Å². The number of esters is 1. The Kier molecular flexibility index (Phi) is 2.17. The largest absolute Gasteiger partial charge is 0.465 e. The molecule has 0 spiro atoms. The molecule has 16 heavy (non-hydrogen) atoms. The number of ether oxygens (including phenoxy) is 1. The summed E-state index contributed by atoms with van der Waals surface area (Å²) >= 11 is 0. The van der Waals surface area contributed by atoms with Crippen molar-refractivity contribution in [3.8, 4) is 0 Å². The van der Waals surface area contributed by atoms with Gasteiger partial charge in [0.2, 0.25) is 0 Å². The molecule has 3 heteroatoms. The van der Waals surface area contributed by atoms with Gasteiger partial charge in [-0.1, -0.05) is 6.08 Å². The number of furan rings is 1. The summed E-state index contributed by atoms with van der Waals surface area (Å²) in [5, 5.41) is 0. The molecule has 0 saturated carbocycles. The molecule has 1 fully saturated rings. The lowest BCUT2D eigenvalue weighted by Gasteiger charge is -2.17. The van der Waals surface area contributed by atoms with E-state index in [4.69, 9.17) is 9.15 Å². The van der Waals surface area contributed by atoms with E-state index >= 15 is 0 Å². The van der Waals surface area contributed by atoms with Crippen molar-refractivity contribution in [2.45, 2.75) is 18.9 Å². The topological polar surface area (TPSA) is 39.4 Å². The fourth-order valence-corrected chi connectivity index (χ4v) is 2.29. The van der Waals surface area contributed by atoms with Crippen LogP contribution >= 0.6 is 0 Å². The Labute approximate surface area is 93.4 Å². The van der Waals surface area contributed by atoms with E-state index in [-0.39, 0.29) is 18.0 Å². The zero-order valence-electron chi connectivity index (χ0n) is 8.76. The number of rotatable bonds is 1. The molecule has 0 unspecified atom stereocenters.